The van der Waals surface area contributed by atoms with Crippen LogP contribution >= 0.6 is 0 Å². The number of hydrogen-bond donors (Lipinski definition) is 1. The molecule has 3 rings (SSSR count). The molecule has 1 atom stereocenters. The number of aryl methyl sites for hydroxylation is 1. The van der Waals surface area contributed by atoms with Gasteiger partial charge in [-0.15, -0.1) is 0 Å². The monoisotopic (exact) mass is 437 g/mol. The second-order valence-electron chi connectivity index (χ2n) is 7.61. The number of hydrogen-bond acceptors (Lipinski definition) is 5. The zero-order valence-corrected chi connectivity index (χ0v) is 18.8. The first-order chi connectivity index (χ1) is 15.6. The summed E-state index contributed by atoms with van der Waals surface area (Å²) in [6.45, 7) is 6.30. The van der Waals surface area contributed by atoms with E-state index in [2.05, 4.69) is 42.3 Å². The van der Waals surface area contributed by atoms with Gasteiger partial charge in [0.05, 0.1) is 12.8 Å². The van der Waals surface area contributed by atoms with E-state index in [9.17, 15) is 9.90 Å². The number of methoxy groups -OCH3 is 1. The van der Waals surface area contributed by atoms with E-state index in [0.717, 1.165) is 30.3 Å². The van der Waals surface area contributed by atoms with Gasteiger partial charge in [0.15, 0.2) is 0 Å². The molecule has 0 saturated heterocycles. The number of benzene rings is 2. The molecule has 0 radical (unpaired) electrons. The minimum absolute atomic E-state index is 0.00972. The Morgan fingerprint density at radius 2 is 1.97 bits per heavy atom. The van der Waals surface area contributed by atoms with Crippen molar-refractivity contribution in [3.63, 3.8) is 0 Å². The minimum Gasteiger partial charge on any atom is -0.496 e. The summed E-state index contributed by atoms with van der Waals surface area (Å²) in [5, 5.41) is 11.2. The molecule has 0 spiro atoms. The van der Waals surface area contributed by atoms with E-state index in [1.807, 2.05) is 24.3 Å². The minimum atomic E-state index is -0.939. The molecule has 0 aliphatic rings. The first kappa shape index (κ1) is 23.4. The van der Waals surface area contributed by atoms with Crippen LogP contribution < -0.4 is 9.47 Å². The van der Waals surface area contributed by atoms with E-state index in [4.69, 9.17) is 14.2 Å². The maximum Gasteiger partial charge on any atom is 0.330 e. The highest BCUT2D eigenvalue weighted by Crippen LogP contribution is 2.37. The summed E-state index contributed by atoms with van der Waals surface area (Å²) in [6.07, 6.45) is 3.58. The van der Waals surface area contributed by atoms with Crippen LogP contribution in [0.2, 0.25) is 0 Å². The van der Waals surface area contributed by atoms with Crippen LogP contribution in [0.15, 0.2) is 61.2 Å². The molecule has 1 heterocycles. The Morgan fingerprint density at radius 3 is 2.72 bits per heavy atom. The van der Waals surface area contributed by atoms with Crippen molar-refractivity contribution >= 4 is 16.9 Å². The zero-order valence-electron chi connectivity index (χ0n) is 18.8. The Morgan fingerprint density at radius 1 is 1.16 bits per heavy atom. The third-order valence-electron chi connectivity index (χ3n) is 5.27. The predicted molar refractivity (Wildman–Crippen MR) is 126 cm³/mol. The van der Waals surface area contributed by atoms with Crippen LogP contribution in [-0.2, 0) is 16.1 Å². The molecular formula is C26H31NO5. The van der Waals surface area contributed by atoms with E-state index >= 15 is 0 Å². The van der Waals surface area contributed by atoms with Crippen molar-refractivity contribution in [2.45, 2.75) is 38.8 Å². The van der Waals surface area contributed by atoms with Crippen LogP contribution in [-0.4, -0.2) is 42.1 Å². The zero-order chi connectivity index (χ0) is 22.9. The molecule has 0 amide bonds. The lowest BCUT2D eigenvalue weighted by Gasteiger charge is -2.16. The molecule has 0 saturated carbocycles. The van der Waals surface area contributed by atoms with Gasteiger partial charge in [0.1, 0.15) is 30.8 Å². The number of para-hydroxylation sites is 1. The first-order valence-electron chi connectivity index (χ1n) is 10.9. The summed E-state index contributed by atoms with van der Waals surface area (Å²) in [5.74, 6) is 0.673. The molecule has 0 aliphatic heterocycles. The topological polar surface area (TPSA) is 69.9 Å². The molecule has 2 aromatic carbocycles. The SMILES string of the molecule is C=CC(=O)OCC(O)COc1ccc(-c2cc3ccccc3n2CCCCC)c(OC)c1. The van der Waals surface area contributed by atoms with Crippen LogP contribution in [0.3, 0.4) is 0 Å². The number of aliphatic hydroxyl groups is 1. The second kappa shape index (κ2) is 11.4. The molecular weight excluding hydrogens is 406 g/mol. The maximum atomic E-state index is 11.1. The van der Waals surface area contributed by atoms with E-state index in [0.29, 0.717) is 11.5 Å². The Hall–Kier alpha value is -3.25. The molecule has 1 N–H and O–H groups in total. The third kappa shape index (κ3) is 5.71. The van der Waals surface area contributed by atoms with Crippen molar-refractivity contribution in [1.29, 1.82) is 0 Å². The van der Waals surface area contributed by atoms with E-state index in [-0.39, 0.29) is 13.2 Å². The highest BCUT2D eigenvalue weighted by Gasteiger charge is 2.16. The number of carbonyl (C=O) groups excluding carboxylic acids is 1. The van der Waals surface area contributed by atoms with Gasteiger partial charge in [0, 0.05) is 35.2 Å². The highest BCUT2D eigenvalue weighted by atomic mass is 16.5. The smallest absolute Gasteiger partial charge is 0.330 e. The molecule has 0 aliphatic carbocycles. The van der Waals surface area contributed by atoms with Gasteiger partial charge in [-0.05, 0) is 30.7 Å². The Labute approximate surface area is 189 Å². The van der Waals surface area contributed by atoms with Crippen LogP contribution in [0.1, 0.15) is 26.2 Å². The number of unbranched alkanes of at least 4 members (excludes halogenated alkanes) is 2. The van der Waals surface area contributed by atoms with Gasteiger partial charge in [-0.3, -0.25) is 0 Å². The molecule has 170 valence electrons. The van der Waals surface area contributed by atoms with Gasteiger partial charge in [-0.1, -0.05) is 44.5 Å². The number of aliphatic hydroxyl groups excluding tert-OH is 1. The predicted octanol–water partition coefficient (Wildman–Crippen LogP) is 4.98. The van der Waals surface area contributed by atoms with E-state index in [1.54, 1.807) is 7.11 Å². The van der Waals surface area contributed by atoms with Crippen molar-refractivity contribution in [2.24, 2.45) is 0 Å². The lowest BCUT2D eigenvalue weighted by atomic mass is 10.1. The number of aromatic nitrogens is 1. The Kier molecular flexibility index (Phi) is 8.34. The Bertz CT molecular complexity index is 1060. The fraction of sp³-hybridized carbons (Fsp3) is 0.346. The van der Waals surface area contributed by atoms with Crippen LogP contribution in [0.5, 0.6) is 11.5 Å². The average molecular weight is 438 g/mol. The van der Waals surface area contributed by atoms with Crippen molar-refractivity contribution in [1.82, 2.24) is 4.57 Å². The van der Waals surface area contributed by atoms with Crippen molar-refractivity contribution in [3.8, 4) is 22.8 Å². The summed E-state index contributed by atoms with van der Waals surface area (Å²) in [4.78, 5) is 11.1. The van der Waals surface area contributed by atoms with Gasteiger partial charge in [-0.25, -0.2) is 4.79 Å². The van der Waals surface area contributed by atoms with Gasteiger partial charge in [0.2, 0.25) is 0 Å². The van der Waals surface area contributed by atoms with Gasteiger partial charge >= 0.3 is 5.97 Å². The summed E-state index contributed by atoms with van der Waals surface area (Å²) < 4.78 is 18.5. The molecule has 0 bridgehead atoms. The number of fused-ring (bicyclic) bond motifs is 1. The summed E-state index contributed by atoms with van der Waals surface area (Å²) in [6, 6.07) is 16.2. The van der Waals surface area contributed by atoms with Crippen LogP contribution in [0.4, 0.5) is 0 Å². The number of nitrogens with zero attached hydrogens (tertiary/aromatic N) is 1. The van der Waals surface area contributed by atoms with E-state index in [1.165, 1.54) is 23.7 Å². The summed E-state index contributed by atoms with van der Waals surface area (Å²) in [5.41, 5.74) is 3.29. The lowest BCUT2D eigenvalue weighted by molar-refractivity contribution is -0.141. The number of rotatable bonds is 12. The number of ether oxygens (including phenoxy) is 3. The average Bonchev–Trinajstić information content (AvgIpc) is 3.19. The van der Waals surface area contributed by atoms with Crippen molar-refractivity contribution in [2.75, 3.05) is 20.3 Å². The van der Waals surface area contributed by atoms with E-state index < -0.39 is 12.1 Å². The maximum absolute atomic E-state index is 11.1. The lowest BCUT2D eigenvalue weighted by Crippen LogP contribution is -2.24. The molecule has 0 fully saturated rings. The van der Waals surface area contributed by atoms with Gasteiger partial charge in [0.25, 0.3) is 0 Å². The van der Waals surface area contributed by atoms with Crippen LogP contribution in [0.25, 0.3) is 22.2 Å². The van der Waals surface area contributed by atoms with Gasteiger partial charge in [-0.2, -0.15) is 0 Å². The van der Waals surface area contributed by atoms with Crippen molar-refractivity contribution in [3.05, 3.63) is 61.2 Å². The standard InChI is InChI=1S/C26H31NO5/c1-4-6-9-14-27-23-11-8-7-10-19(23)15-24(27)22-13-12-21(16-25(22)30-3)31-17-20(28)18-32-26(29)5-2/h5,7-8,10-13,15-16,20,28H,2,4,6,9,14,17-18H2,1,3H3. The largest absolute Gasteiger partial charge is 0.496 e. The molecule has 6 nitrogen and oxygen atoms in total. The summed E-state index contributed by atoms with van der Waals surface area (Å²) in [7, 11) is 1.64. The third-order valence-corrected chi connectivity index (χ3v) is 5.27. The fourth-order valence-electron chi connectivity index (χ4n) is 3.65. The fourth-order valence-corrected chi connectivity index (χ4v) is 3.65. The van der Waals surface area contributed by atoms with Crippen LogP contribution in [0, 0.1) is 0 Å². The molecule has 32 heavy (non-hydrogen) atoms. The normalized spacial score (nSPS) is 11.8. The molecule has 3 aromatic rings. The number of esters is 1. The molecule has 6 heteroatoms. The first-order valence-corrected chi connectivity index (χ1v) is 10.9. The quantitative estimate of drug-likeness (QED) is 0.246. The second-order valence-corrected chi connectivity index (χ2v) is 7.61. The number of carbonyl (C=O) groups is 1. The highest BCUT2D eigenvalue weighted by molar-refractivity contribution is 5.88. The van der Waals surface area contributed by atoms with Crippen molar-refractivity contribution < 1.29 is 24.1 Å². The Balaban J connectivity index is 1.81. The summed E-state index contributed by atoms with van der Waals surface area (Å²) >= 11 is 0. The molecule has 1 aromatic heterocycles. The van der Waals surface area contributed by atoms with Gasteiger partial charge < -0.3 is 23.9 Å². The molecule has 1 unspecified atom stereocenters.